The summed E-state index contributed by atoms with van der Waals surface area (Å²) in [5.41, 5.74) is 10.6. The summed E-state index contributed by atoms with van der Waals surface area (Å²) < 4.78 is 0. The van der Waals surface area contributed by atoms with Crippen LogP contribution in [0, 0.1) is 0 Å². The fraction of sp³-hybridized carbons (Fsp3) is 0.0204. The highest BCUT2D eigenvalue weighted by atomic mass is 28.3. The van der Waals surface area contributed by atoms with Gasteiger partial charge in [0.2, 0.25) is 0 Å². The van der Waals surface area contributed by atoms with E-state index in [4.69, 9.17) is 9.97 Å². The van der Waals surface area contributed by atoms with E-state index in [0.717, 1.165) is 34.8 Å². The molecule has 0 unspecified atom stereocenters. The van der Waals surface area contributed by atoms with Crippen LogP contribution in [-0.2, 0) is 6.42 Å². The molecule has 242 valence electrons. The molecule has 0 saturated heterocycles. The van der Waals surface area contributed by atoms with Crippen LogP contribution in [-0.4, -0.2) is 18.0 Å². The highest BCUT2D eigenvalue weighted by Crippen LogP contribution is 2.41. The van der Waals surface area contributed by atoms with Crippen LogP contribution in [0.15, 0.2) is 182 Å². The zero-order valence-electron chi connectivity index (χ0n) is 28.4. The summed E-state index contributed by atoms with van der Waals surface area (Å²) in [6.07, 6.45) is 0.843. The number of hydrogen-bond donors (Lipinski definition) is 0. The van der Waals surface area contributed by atoms with Gasteiger partial charge < -0.3 is 0 Å². The van der Waals surface area contributed by atoms with Gasteiger partial charge in [0.1, 0.15) is 0 Å². The lowest BCUT2D eigenvalue weighted by atomic mass is 10.0. The van der Waals surface area contributed by atoms with Crippen LogP contribution in [0.4, 0.5) is 0 Å². The lowest BCUT2D eigenvalue weighted by Crippen LogP contribution is -2.72. The van der Waals surface area contributed by atoms with Crippen LogP contribution in [0.25, 0.3) is 66.6 Å². The first-order chi connectivity index (χ1) is 25.8. The number of benzene rings is 8. The van der Waals surface area contributed by atoms with Crippen LogP contribution in [0.2, 0.25) is 0 Å². The standard InChI is InChI=1S/C49H32N2Si/c1-2-14-34(15-3-1)47-44-30-37-18-8-9-19-41(37)48(44)51-49(50-47)38-24-27-43-42-20-10-11-21-45(42)52(46(43)31-38,39-25-22-32-12-4-6-16-35(32)28-39)40-26-23-33-13-5-7-17-36(33)29-40/h1-29,31H,30H2. The number of fused-ring (bicyclic) bond motifs is 8. The van der Waals surface area contributed by atoms with Crippen molar-refractivity contribution in [2.45, 2.75) is 6.42 Å². The number of hydrogen-bond acceptors (Lipinski definition) is 2. The maximum absolute atomic E-state index is 5.42. The molecule has 0 bridgehead atoms. The maximum atomic E-state index is 5.42. The molecule has 2 heterocycles. The van der Waals surface area contributed by atoms with Crippen molar-refractivity contribution >= 4 is 50.4 Å². The van der Waals surface area contributed by atoms with Crippen molar-refractivity contribution in [1.29, 1.82) is 0 Å². The third-order valence-electron chi connectivity index (χ3n) is 11.4. The van der Waals surface area contributed by atoms with Crippen molar-refractivity contribution < 1.29 is 0 Å². The van der Waals surface area contributed by atoms with E-state index in [2.05, 4.69) is 182 Å². The van der Waals surface area contributed by atoms with Crippen molar-refractivity contribution in [2.24, 2.45) is 0 Å². The molecule has 0 amide bonds. The predicted molar refractivity (Wildman–Crippen MR) is 219 cm³/mol. The van der Waals surface area contributed by atoms with E-state index in [1.807, 2.05) is 0 Å². The van der Waals surface area contributed by atoms with Gasteiger partial charge in [0.15, 0.2) is 13.9 Å². The van der Waals surface area contributed by atoms with Crippen molar-refractivity contribution in [3.8, 4) is 45.0 Å². The molecule has 9 aromatic rings. The molecule has 0 saturated carbocycles. The van der Waals surface area contributed by atoms with Gasteiger partial charge >= 0.3 is 0 Å². The largest absolute Gasteiger partial charge is 0.228 e. The van der Waals surface area contributed by atoms with Gasteiger partial charge in [-0.25, -0.2) is 9.97 Å². The minimum atomic E-state index is -2.84. The van der Waals surface area contributed by atoms with Gasteiger partial charge in [-0.2, -0.15) is 0 Å². The average Bonchev–Trinajstić information content (AvgIpc) is 3.74. The fourth-order valence-electron chi connectivity index (χ4n) is 8.99. The molecule has 1 aliphatic carbocycles. The van der Waals surface area contributed by atoms with Gasteiger partial charge in [0.05, 0.1) is 11.4 Å². The van der Waals surface area contributed by atoms with E-state index < -0.39 is 8.07 Å². The predicted octanol–water partition coefficient (Wildman–Crippen LogP) is 9.05. The van der Waals surface area contributed by atoms with Crippen LogP contribution in [0.1, 0.15) is 11.1 Å². The second-order valence-electron chi connectivity index (χ2n) is 14.1. The minimum absolute atomic E-state index is 0.771. The summed E-state index contributed by atoms with van der Waals surface area (Å²) in [5, 5.41) is 10.6. The normalized spacial score (nSPS) is 13.5. The molecule has 0 atom stereocenters. The Bertz CT molecular complexity index is 2810. The van der Waals surface area contributed by atoms with Crippen molar-refractivity contribution in [2.75, 3.05) is 0 Å². The van der Waals surface area contributed by atoms with Crippen LogP contribution < -0.4 is 20.7 Å². The highest BCUT2D eigenvalue weighted by Gasteiger charge is 2.49. The van der Waals surface area contributed by atoms with Crippen LogP contribution in [0.3, 0.4) is 0 Å². The van der Waals surface area contributed by atoms with Gasteiger partial charge in [-0.05, 0) is 59.0 Å². The van der Waals surface area contributed by atoms with E-state index >= 15 is 0 Å². The molecular weight excluding hydrogens is 645 g/mol. The molecule has 8 aromatic carbocycles. The zero-order chi connectivity index (χ0) is 34.2. The molecular formula is C49H32N2Si. The summed E-state index contributed by atoms with van der Waals surface area (Å²) in [6, 6.07) is 67.3. The van der Waals surface area contributed by atoms with Crippen LogP contribution >= 0.6 is 0 Å². The van der Waals surface area contributed by atoms with Crippen molar-refractivity contribution in [3.05, 3.63) is 193 Å². The first-order valence-corrected chi connectivity index (χ1v) is 20.0. The number of nitrogens with zero attached hydrogens (tertiary/aromatic N) is 2. The molecule has 2 aliphatic rings. The summed E-state index contributed by atoms with van der Waals surface area (Å²) >= 11 is 0. The summed E-state index contributed by atoms with van der Waals surface area (Å²) in [4.78, 5) is 10.8. The number of aromatic nitrogens is 2. The molecule has 0 radical (unpaired) electrons. The molecule has 52 heavy (non-hydrogen) atoms. The van der Waals surface area contributed by atoms with Gasteiger partial charge in [-0.3, -0.25) is 0 Å². The molecule has 0 spiro atoms. The molecule has 1 aliphatic heterocycles. The Hall–Kier alpha value is -6.42. The molecule has 0 N–H and O–H groups in total. The van der Waals surface area contributed by atoms with Gasteiger partial charge in [-0.15, -0.1) is 0 Å². The van der Waals surface area contributed by atoms with Gasteiger partial charge in [0.25, 0.3) is 0 Å². The molecule has 2 nitrogen and oxygen atoms in total. The van der Waals surface area contributed by atoms with Crippen molar-refractivity contribution in [3.63, 3.8) is 0 Å². The Morgan fingerprint density at radius 2 is 0.962 bits per heavy atom. The molecule has 0 fully saturated rings. The average molecular weight is 677 g/mol. The maximum Gasteiger partial charge on any atom is 0.180 e. The van der Waals surface area contributed by atoms with E-state index in [1.165, 1.54) is 70.1 Å². The highest BCUT2D eigenvalue weighted by molar-refractivity contribution is 7.22. The third kappa shape index (κ3) is 4.23. The van der Waals surface area contributed by atoms with E-state index in [-0.39, 0.29) is 0 Å². The first kappa shape index (κ1) is 29.3. The molecule has 1 aromatic heterocycles. The Balaban J connectivity index is 1.21. The quantitative estimate of drug-likeness (QED) is 0.174. The monoisotopic (exact) mass is 676 g/mol. The van der Waals surface area contributed by atoms with Crippen LogP contribution in [0.5, 0.6) is 0 Å². The topological polar surface area (TPSA) is 25.8 Å². The molecule has 3 heteroatoms. The first-order valence-electron chi connectivity index (χ1n) is 18.0. The summed E-state index contributed by atoms with van der Waals surface area (Å²) in [6.45, 7) is 0. The zero-order valence-corrected chi connectivity index (χ0v) is 29.4. The Labute approximate surface area is 303 Å². The fourth-order valence-corrected chi connectivity index (χ4v) is 14.2. The minimum Gasteiger partial charge on any atom is -0.228 e. The Morgan fingerprint density at radius 3 is 1.69 bits per heavy atom. The van der Waals surface area contributed by atoms with E-state index in [9.17, 15) is 0 Å². The van der Waals surface area contributed by atoms with E-state index in [0.29, 0.717) is 0 Å². The van der Waals surface area contributed by atoms with Crippen molar-refractivity contribution in [1.82, 2.24) is 9.97 Å². The smallest absolute Gasteiger partial charge is 0.180 e. The Kier molecular flexibility index (Phi) is 6.37. The second kappa shape index (κ2) is 11.3. The summed E-state index contributed by atoms with van der Waals surface area (Å²) in [5.74, 6) is 0.771. The lowest BCUT2D eigenvalue weighted by Gasteiger charge is -2.32. The van der Waals surface area contributed by atoms with Gasteiger partial charge in [0, 0.05) is 28.7 Å². The SMILES string of the molecule is c1ccc(-c2nc(-c3ccc4c(c3)[Si](c3ccc5ccccc5c3)(c3ccc5ccccc5c3)c3ccccc3-4)nc3c2Cc2ccccc2-3)cc1. The number of rotatable bonds is 4. The lowest BCUT2D eigenvalue weighted by molar-refractivity contribution is 1.13. The third-order valence-corrected chi connectivity index (χ3v) is 16.2. The summed E-state index contributed by atoms with van der Waals surface area (Å²) in [7, 11) is -2.84. The van der Waals surface area contributed by atoms with E-state index in [1.54, 1.807) is 0 Å². The molecule has 11 rings (SSSR count). The Morgan fingerprint density at radius 1 is 0.385 bits per heavy atom. The van der Waals surface area contributed by atoms with Gasteiger partial charge in [-0.1, -0.05) is 182 Å². The second-order valence-corrected chi connectivity index (χ2v) is 17.8.